The van der Waals surface area contributed by atoms with E-state index in [0.29, 0.717) is 0 Å². The zero-order chi connectivity index (χ0) is 11.4. The molecule has 3 heteroatoms. The third-order valence-corrected chi connectivity index (χ3v) is 2.58. The van der Waals surface area contributed by atoms with Gasteiger partial charge in [0, 0.05) is 5.70 Å². The van der Waals surface area contributed by atoms with Gasteiger partial charge in [0.15, 0.2) is 0 Å². The van der Waals surface area contributed by atoms with E-state index in [9.17, 15) is 0 Å². The van der Waals surface area contributed by atoms with Crippen LogP contribution in [0.3, 0.4) is 0 Å². The van der Waals surface area contributed by atoms with Crippen molar-refractivity contribution in [2.24, 2.45) is 5.10 Å². The predicted octanol–water partition coefficient (Wildman–Crippen LogP) is 2.99. The fraction of sp³-hybridized carbons (Fsp3) is 0.308. The second-order valence-electron chi connectivity index (χ2n) is 3.96. The molecule has 1 aliphatic rings. The van der Waals surface area contributed by atoms with E-state index in [4.69, 9.17) is 0 Å². The first-order chi connectivity index (χ1) is 7.81. The molecule has 84 valence electrons. The number of hydrogen-bond acceptors (Lipinski definition) is 3. The van der Waals surface area contributed by atoms with Crippen LogP contribution in [0.15, 0.2) is 41.1 Å². The van der Waals surface area contributed by atoms with E-state index in [1.54, 1.807) is 6.21 Å². The molecular formula is C13H17N3. The van der Waals surface area contributed by atoms with Crippen molar-refractivity contribution in [3.8, 4) is 0 Å². The first kappa shape index (κ1) is 10.7. The Morgan fingerprint density at radius 2 is 2.00 bits per heavy atom. The number of anilines is 1. The maximum absolute atomic E-state index is 4.06. The number of hydrogen-bond donors (Lipinski definition) is 1. The van der Waals surface area contributed by atoms with Gasteiger partial charge in [0.05, 0.1) is 11.9 Å². The highest BCUT2D eigenvalue weighted by molar-refractivity contribution is 5.75. The van der Waals surface area contributed by atoms with Crippen molar-refractivity contribution >= 4 is 11.9 Å². The van der Waals surface area contributed by atoms with Gasteiger partial charge in [-0.25, -0.2) is 10.5 Å². The van der Waals surface area contributed by atoms with Crippen LogP contribution >= 0.6 is 0 Å². The lowest BCUT2D eigenvalue weighted by molar-refractivity contribution is 0.683. The van der Waals surface area contributed by atoms with Gasteiger partial charge >= 0.3 is 0 Å². The fourth-order valence-corrected chi connectivity index (χ4v) is 1.72. The summed E-state index contributed by atoms with van der Waals surface area (Å²) < 4.78 is 0. The van der Waals surface area contributed by atoms with Gasteiger partial charge in [-0.05, 0) is 31.6 Å². The van der Waals surface area contributed by atoms with Gasteiger partial charge in [0.2, 0.25) is 0 Å². The molecule has 1 N–H and O–H groups in total. The molecule has 0 aromatic heterocycles. The molecule has 1 aliphatic heterocycles. The normalized spacial score (nSPS) is 14.6. The zero-order valence-corrected chi connectivity index (χ0v) is 9.77. The topological polar surface area (TPSA) is 27.6 Å². The number of hydrazine groups is 1. The molecule has 0 saturated carbocycles. The molecule has 0 radical (unpaired) electrons. The Kier molecular flexibility index (Phi) is 3.25. The van der Waals surface area contributed by atoms with Gasteiger partial charge in [-0.2, -0.15) is 5.10 Å². The highest BCUT2D eigenvalue weighted by Gasteiger charge is 2.12. The summed E-state index contributed by atoms with van der Waals surface area (Å²) in [5.74, 6) is 0. The van der Waals surface area contributed by atoms with E-state index in [1.807, 2.05) is 5.01 Å². The van der Waals surface area contributed by atoms with Gasteiger partial charge in [0.25, 0.3) is 0 Å². The molecule has 0 unspecified atom stereocenters. The van der Waals surface area contributed by atoms with Crippen LogP contribution in [-0.2, 0) is 0 Å². The van der Waals surface area contributed by atoms with Crippen molar-refractivity contribution in [3.05, 3.63) is 41.6 Å². The minimum atomic E-state index is 1.05. The van der Waals surface area contributed by atoms with Crippen LogP contribution in [0.4, 0.5) is 5.69 Å². The second-order valence-corrected chi connectivity index (χ2v) is 3.96. The highest BCUT2D eigenvalue weighted by atomic mass is 15.7. The van der Waals surface area contributed by atoms with Crippen molar-refractivity contribution in [3.63, 3.8) is 0 Å². The molecule has 0 bridgehead atoms. The Bertz CT molecular complexity index is 404. The van der Waals surface area contributed by atoms with Crippen LogP contribution in [0.5, 0.6) is 0 Å². The maximum Gasteiger partial charge on any atom is 0.0642 e. The predicted molar refractivity (Wildman–Crippen MR) is 68.3 cm³/mol. The van der Waals surface area contributed by atoms with Crippen molar-refractivity contribution < 1.29 is 0 Å². The zero-order valence-electron chi connectivity index (χ0n) is 9.77. The lowest BCUT2D eigenvalue weighted by Crippen LogP contribution is -2.35. The summed E-state index contributed by atoms with van der Waals surface area (Å²) in [5, 5.41) is 6.10. The lowest BCUT2D eigenvalue weighted by atomic mass is 10.2. The number of aryl methyl sites for hydroxylation is 1. The van der Waals surface area contributed by atoms with Crippen LogP contribution in [0.2, 0.25) is 0 Å². The standard InChI is InChI=1S/C13H17N3/c1-3-4-12-9-10-14-15-16(12)13-7-5-11(2)6-8-13/h5-10,15H,3-4H2,1-2H3. The molecule has 1 heterocycles. The van der Waals surface area contributed by atoms with E-state index < -0.39 is 0 Å². The average Bonchev–Trinajstić information content (AvgIpc) is 2.32. The van der Waals surface area contributed by atoms with E-state index >= 15 is 0 Å². The smallest absolute Gasteiger partial charge is 0.0642 e. The van der Waals surface area contributed by atoms with Gasteiger partial charge < -0.3 is 0 Å². The first-order valence-electron chi connectivity index (χ1n) is 5.66. The fourth-order valence-electron chi connectivity index (χ4n) is 1.72. The minimum absolute atomic E-state index is 1.05. The summed E-state index contributed by atoms with van der Waals surface area (Å²) in [6, 6.07) is 8.43. The van der Waals surface area contributed by atoms with Crippen LogP contribution < -0.4 is 10.5 Å². The molecule has 0 amide bonds. The van der Waals surface area contributed by atoms with E-state index in [0.717, 1.165) is 18.5 Å². The number of allylic oxidation sites excluding steroid dienone is 2. The summed E-state index contributed by atoms with van der Waals surface area (Å²) >= 11 is 0. The maximum atomic E-state index is 4.06. The van der Waals surface area contributed by atoms with Gasteiger partial charge in [-0.3, -0.25) is 0 Å². The molecule has 0 atom stereocenters. The number of nitrogens with zero attached hydrogens (tertiary/aromatic N) is 2. The molecule has 1 aromatic rings. The third kappa shape index (κ3) is 2.24. The van der Waals surface area contributed by atoms with Crippen LogP contribution in [-0.4, -0.2) is 6.21 Å². The Labute approximate surface area is 96.4 Å². The molecule has 3 nitrogen and oxygen atoms in total. The van der Waals surface area contributed by atoms with E-state index in [1.165, 1.54) is 11.3 Å². The monoisotopic (exact) mass is 215 g/mol. The third-order valence-electron chi connectivity index (χ3n) is 2.58. The average molecular weight is 215 g/mol. The Morgan fingerprint density at radius 3 is 2.69 bits per heavy atom. The summed E-state index contributed by atoms with van der Waals surface area (Å²) in [7, 11) is 0. The van der Waals surface area contributed by atoms with Crippen molar-refractivity contribution in [2.75, 3.05) is 5.01 Å². The van der Waals surface area contributed by atoms with E-state index in [-0.39, 0.29) is 0 Å². The summed E-state index contributed by atoms with van der Waals surface area (Å²) in [6.07, 6.45) is 6.03. The van der Waals surface area contributed by atoms with Crippen LogP contribution in [0.1, 0.15) is 25.3 Å². The number of nitrogens with one attached hydrogen (secondary N) is 1. The van der Waals surface area contributed by atoms with Crippen LogP contribution in [0, 0.1) is 6.92 Å². The molecular weight excluding hydrogens is 198 g/mol. The summed E-state index contributed by atoms with van der Waals surface area (Å²) in [5.41, 5.74) is 6.67. The molecule has 0 fully saturated rings. The summed E-state index contributed by atoms with van der Waals surface area (Å²) in [4.78, 5) is 0. The largest absolute Gasteiger partial charge is 0.245 e. The van der Waals surface area contributed by atoms with Crippen molar-refractivity contribution in [2.45, 2.75) is 26.7 Å². The molecule has 16 heavy (non-hydrogen) atoms. The number of benzene rings is 1. The number of hydrazone groups is 1. The van der Waals surface area contributed by atoms with Gasteiger partial charge in [0.1, 0.15) is 0 Å². The first-order valence-corrected chi connectivity index (χ1v) is 5.66. The molecule has 0 saturated heterocycles. The molecule has 1 aromatic carbocycles. The van der Waals surface area contributed by atoms with Gasteiger partial charge in [-0.15, -0.1) is 0 Å². The Morgan fingerprint density at radius 1 is 1.25 bits per heavy atom. The lowest BCUT2D eigenvalue weighted by Gasteiger charge is -2.28. The summed E-state index contributed by atoms with van der Waals surface area (Å²) in [6.45, 7) is 4.27. The Balaban J connectivity index is 2.23. The van der Waals surface area contributed by atoms with E-state index in [2.05, 4.69) is 54.8 Å². The highest BCUT2D eigenvalue weighted by Crippen LogP contribution is 2.21. The quantitative estimate of drug-likeness (QED) is 0.839. The minimum Gasteiger partial charge on any atom is -0.245 e. The number of rotatable bonds is 3. The van der Waals surface area contributed by atoms with Crippen molar-refractivity contribution in [1.82, 2.24) is 5.53 Å². The SMILES string of the molecule is CCCC1=CC=NNN1c1ccc(C)cc1. The Hall–Kier alpha value is -1.77. The molecule has 0 aliphatic carbocycles. The molecule has 0 spiro atoms. The van der Waals surface area contributed by atoms with Gasteiger partial charge in [-0.1, -0.05) is 31.0 Å². The molecule has 2 rings (SSSR count). The van der Waals surface area contributed by atoms with Crippen LogP contribution in [0.25, 0.3) is 0 Å². The second kappa shape index (κ2) is 4.84. The van der Waals surface area contributed by atoms with Crippen molar-refractivity contribution in [1.29, 1.82) is 0 Å².